The van der Waals surface area contributed by atoms with Crippen molar-refractivity contribution in [1.82, 2.24) is 4.90 Å². The molecular weight excluding hydrogens is 278 g/mol. The number of carbonyl (C=O) groups excluding carboxylic acids is 1. The summed E-state index contributed by atoms with van der Waals surface area (Å²) >= 11 is 3.45. The van der Waals surface area contributed by atoms with Gasteiger partial charge < -0.3 is 4.90 Å². The summed E-state index contributed by atoms with van der Waals surface area (Å²) < 4.78 is 0.979. The van der Waals surface area contributed by atoms with Crippen molar-refractivity contribution < 1.29 is 4.79 Å². The number of carbonyl (C=O) groups is 1. The molecule has 0 N–H and O–H groups in total. The lowest BCUT2D eigenvalue weighted by molar-refractivity contribution is 0.0745. The molecule has 0 spiro atoms. The first kappa shape index (κ1) is 14.2. The first-order valence-electron chi connectivity index (χ1n) is 5.72. The third kappa shape index (κ3) is 4.15. The van der Waals surface area contributed by atoms with Crippen molar-refractivity contribution >= 4 is 21.8 Å². The van der Waals surface area contributed by atoms with E-state index in [-0.39, 0.29) is 11.3 Å². The quantitative estimate of drug-likeness (QED) is 0.811. The van der Waals surface area contributed by atoms with Crippen LogP contribution in [0.5, 0.6) is 0 Å². The van der Waals surface area contributed by atoms with Gasteiger partial charge in [0.25, 0.3) is 5.91 Å². The maximum absolute atomic E-state index is 12.2. The minimum atomic E-state index is 0.0700. The zero-order valence-corrected chi connectivity index (χ0v) is 12.8. The van der Waals surface area contributed by atoms with Crippen molar-refractivity contribution in [3.63, 3.8) is 0 Å². The van der Waals surface area contributed by atoms with Gasteiger partial charge in [0, 0.05) is 23.6 Å². The van der Waals surface area contributed by atoms with Crippen LogP contribution in [0, 0.1) is 12.3 Å². The maximum Gasteiger partial charge on any atom is 0.253 e. The maximum atomic E-state index is 12.2. The van der Waals surface area contributed by atoms with Crippen LogP contribution >= 0.6 is 15.9 Å². The van der Waals surface area contributed by atoms with Gasteiger partial charge in [0.2, 0.25) is 0 Å². The highest BCUT2D eigenvalue weighted by Gasteiger charge is 2.19. The molecule has 0 radical (unpaired) electrons. The van der Waals surface area contributed by atoms with Gasteiger partial charge >= 0.3 is 0 Å². The third-order valence-electron chi connectivity index (χ3n) is 2.48. The highest BCUT2D eigenvalue weighted by atomic mass is 79.9. The predicted molar refractivity (Wildman–Crippen MR) is 75.3 cm³/mol. The van der Waals surface area contributed by atoms with Crippen molar-refractivity contribution in [3.8, 4) is 0 Å². The molecule has 1 rings (SSSR count). The van der Waals surface area contributed by atoms with Crippen LogP contribution in [0.15, 0.2) is 22.7 Å². The van der Waals surface area contributed by atoms with Crippen LogP contribution < -0.4 is 0 Å². The largest absolute Gasteiger partial charge is 0.341 e. The van der Waals surface area contributed by atoms with Crippen LogP contribution in [0.4, 0.5) is 0 Å². The second-order valence-electron chi connectivity index (χ2n) is 5.69. The number of hydrogen-bond acceptors (Lipinski definition) is 1. The van der Waals surface area contributed by atoms with Gasteiger partial charge in [0.15, 0.2) is 0 Å². The molecule has 0 bridgehead atoms. The molecular formula is C14H20BrNO. The Morgan fingerprint density at radius 3 is 2.41 bits per heavy atom. The Hall–Kier alpha value is -0.830. The van der Waals surface area contributed by atoms with Crippen molar-refractivity contribution in [2.45, 2.75) is 27.7 Å². The molecule has 1 aromatic rings. The van der Waals surface area contributed by atoms with Crippen molar-refractivity contribution in [2.24, 2.45) is 5.41 Å². The molecule has 1 aromatic carbocycles. The number of hydrogen-bond donors (Lipinski definition) is 0. The van der Waals surface area contributed by atoms with E-state index < -0.39 is 0 Å². The van der Waals surface area contributed by atoms with E-state index in [1.54, 1.807) is 4.90 Å². The Morgan fingerprint density at radius 2 is 1.94 bits per heavy atom. The Balaban J connectivity index is 2.85. The van der Waals surface area contributed by atoms with Crippen molar-refractivity contribution in [2.75, 3.05) is 13.6 Å². The van der Waals surface area contributed by atoms with Crippen molar-refractivity contribution in [1.29, 1.82) is 0 Å². The van der Waals surface area contributed by atoms with Gasteiger partial charge in [-0.2, -0.15) is 0 Å². The van der Waals surface area contributed by atoms with E-state index in [9.17, 15) is 4.79 Å². The molecule has 0 aromatic heterocycles. The fourth-order valence-electron chi connectivity index (χ4n) is 1.73. The first-order chi connectivity index (χ1) is 7.70. The van der Waals surface area contributed by atoms with Crippen LogP contribution in [0.2, 0.25) is 0 Å². The van der Waals surface area contributed by atoms with E-state index in [1.807, 2.05) is 32.2 Å². The number of benzene rings is 1. The average molecular weight is 298 g/mol. The molecule has 1 amide bonds. The summed E-state index contributed by atoms with van der Waals surface area (Å²) in [6.45, 7) is 9.14. The molecule has 0 fully saturated rings. The molecule has 94 valence electrons. The Morgan fingerprint density at radius 1 is 1.35 bits per heavy atom. The monoisotopic (exact) mass is 297 g/mol. The first-order valence-corrected chi connectivity index (χ1v) is 6.51. The molecule has 0 aliphatic carbocycles. The normalized spacial score (nSPS) is 11.4. The topological polar surface area (TPSA) is 20.3 Å². The number of halogens is 1. The van der Waals surface area contributed by atoms with E-state index in [4.69, 9.17) is 0 Å². The second kappa shape index (κ2) is 5.21. The number of nitrogens with zero attached hydrogens (tertiary/aromatic N) is 1. The molecule has 0 saturated carbocycles. The summed E-state index contributed by atoms with van der Waals surface area (Å²) in [6.07, 6.45) is 0. The molecule has 0 unspecified atom stereocenters. The lowest BCUT2D eigenvalue weighted by atomic mass is 9.96. The van der Waals surface area contributed by atoms with E-state index >= 15 is 0 Å². The van der Waals surface area contributed by atoms with Crippen LogP contribution in [0.3, 0.4) is 0 Å². The fraction of sp³-hybridized carbons (Fsp3) is 0.500. The summed E-state index contributed by atoms with van der Waals surface area (Å²) in [5, 5.41) is 0. The summed E-state index contributed by atoms with van der Waals surface area (Å²) in [7, 11) is 1.85. The van der Waals surface area contributed by atoms with Crippen LogP contribution in [0.25, 0.3) is 0 Å². The molecule has 0 atom stereocenters. The molecule has 3 heteroatoms. The van der Waals surface area contributed by atoms with Crippen LogP contribution in [0.1, 0.15) is 36.7 Å². The minimum Gasteiger partial charge on any atom is -0.341 e. The summed E-state index contributed by atoms with van der Waals surface area (Å²) in [5.74, 6) is 0.0700. The van der Waals surface area contributed by atoms with E-state index in [2.05, 4.69) is 36.7 Å². The number of aryl methyl sites for hydroxylation is 1. The molecule has 17 heavy (non-hydrogen) atoms. The molecule has 0 heterocycles. The highest BCUT2D eigenvalue weighted by Crippen LogP contribution is 2.20. The number of amides is 1. The minimum absolute atomic E-state index is 0.0700. The summed E-state index contributed by atoms with van der Waals surface area (Å²) in [4.78, 5) is 14.0. The molecule has 0 aliphatic rings. The van der Waals surface area contributed by atoms with Gasteiger partial charge in [0.1, 0.15) is 0 Å². The lowest BCUT2D eigenvalue weighted by Crippen LogP contribution is -2.34. The lowest BCUT2D eigenvalue weighted by Gasteiger charge is -2.26. The smallest absolute Gasteiger partial charge is 0.253 e. The predicted octanol–water partition coefficient (Wildman–Crippen LogP) is 3.88. The van der Waals surface area contributed by atoms with Crippen LogP contribution in [-0.4, -0.2) is 24.4 Å². The van der Waals surface area contributed by atoms with Crippen LogP contribution in [-0.2, 0) is 0 Å². The van der Waals surface area contributed by atoms with Gasteiger partial charge in [-0.3, -0.25) is 4.79 Å². The Kier molecular flexibility index (Phi) is 4.36. The van der Waals surface area contributed by atoms with Gasteiger partial charge in [-0.1, -0.05) is 42.8 Å². The Bertz CT molecular complexity index is 421. The fourth-order valence-corrected chi connectivity index (χ4v) is 2.11. The zero-order chi connectivity index (χ0) is 13.2. The van der Waals surface area contributed by atoms with E-state index in [0.717, 1.165) is 22.1 Å². The van der Waals surface area contributed by atoms with Gasteiger partial charge in [0.05, 0.1) is 0 Å². The van der Waals surface area contributed by atoms with E-state index in [1.165, 1.54) is 0 Å². The molecule has 2 nitrogen and oxygen atoms in total. The van der Waals surface area contributed by atoms with Gasteiger partial charge in [-0.05, 0) is 30.0 Å². The van der Waals surface area contributed by atoms with Gasteiger partial charge in [-0.15, -0.1) is 0 Å². The average Bonchev–Trinajstić information content (AvgIpc) is 2.18. The standard InChI is InChI=1S/C14H20BrNO/c1-10-6-7-11(8-12(10)15)13(17)16(5)9-14(2,3)4/h6-8H,9H2,1-5H3. The summed E-state index contributed by atoms with van der Waals surface area (Å²) in [5.41, 5.74) is 1.99. The van der Waals surface area contributed by atoms with Crippen molar-refractivity contribution in [3.05, 3.63) is 33.8 Å². The number of rotatable bonds is 2. The Labute approximate surface area is 112 Å². The van der Waals surface area contributed by atoms with E-state index in [0.29, 0.717) is 0 Å². The van der Waals surface area contributed by atoms with Gasteiger partial charge in [-0.25, -0.2) is 0 Å². The zero-order valence-electron chi connectivity index (χ0n) is 11.2. The summed E-state index contributed by atoms with van der Waals surface area (Å²) in [6, 6.07) is 5.72. The molecule has 0 saturated heterocycles. The SMILES string of the molecule is Cc1ccc(C(=O)N(C)CC(C)(C)C)cc1Br. The molecule has 0 aliphatic heterocycles. The highest BCUT2D eigenvalue weighted by molar-refractivity contribution is 9.10. The third-order valence-corrected chi connectivity index (χ3v) is 3.33. The second-order valence-corrected chi connectivity index (χ2v) is 6.54.